The molecule has 0 radical (unpaired) electrons. The quantitative estimate of drug-likeness (QED) is 0.608. The van der Waals surface area contributed by atoms with Crippen molar-refractivity contribution in [1.82, 2.24) is 25.3 Å². The van der Waals surface area contributed by atoms with Crippen LogP contribution < -0.4 is 10.6 Å². The molecule has 4 amide bonds. The van der Waals surface area contributed by atoms with Gasteiger partial charge in [-0.25, -0.2) is 4.79 Å². The third-order valence-electron chi connectivity index (χ3n) is 8.19. The maximum absolute atomic E-state index is 13.3. The highest BCUT2D eigenvalue weighted by Crippen LogP contribution is 2.43. The second kappa shape index (κ2) is 10.3. The number of nitrogens with one attached hydrogen (secondary N) is 2. The molecule has 1 aromatic carbocycles. The number of carbonyl (C=O) groups is 3. The maximum atomic E-state index is 13.3. The standard InChI is InChI=1S/C27H41N5O3/c1-26(2,3)21-10-12-27(13-11-21)24(34)32(25(35)29-27)19-23(33)28-22(20-8-6-5-7-9-20)18-31-16-14-30(4)15-17-31/h5-9,21-22H,10-19H2,1-4H3,(H,28,33)(H,29,35). The largest absolute Gasteiger partial charge is 0.346 e. The number of benzene rings is 1. The fourth-order valence-electron chi connectivity index (χ4n) is 5.73. The number of nitrogens with zero attached hydrogens (tertiary/aromatic N) is 3. The van der Waals surface area contributed by atoms with Crippen LogP contribution in [0.5, 0.6) is 0 Å². The van der Waals surface area contributed by atoms with E-state index in [1.165, 1.54) is 0 Å². The lowest BCUT2D eigenvalue weighted by atomic mass is 9.67. The molecule has 1 aliphatic carbocycles. The average Bonchev–Trinajstić information content (AvgIpc) is 3.04. The summed E-state index contributed by atoms with van der Waals surface area (Å²) in [5, 5.41) is 6.06. The molecule has 1 aromatic rings. The number of carbonyl (C=O) groups excluding carboxylic acids is 3. The first-order valence-electron chi connectivity index (χ1n) is 13.0. The van der Waals surface area contributed by atoms with Crippen LogP contribution in [0.25, 0.3) is 0 Å². The summed E-state index contributed by atoms with van der Waals surface area (Å²) in [6, 6.07) is 9.26. The molecule has 0 bridgehead atoms. The number of urea groups is 1. The second-order valence-corrected chi connectivity index (χ2v) is 11.7. The van der Waals surface area contributed by atoms with Gasteiger partial charge in [-0.1, -0.05) is 51.1 Å². The van der Waals surface area contributed by atoms with Crippen molar-refractivity contribution < 1.29 is 14.4 Å². The Kier molecular flexibility index (Phi) is 7.52. The van der Waals surface area contributed by atoms with Gasteiger partial charge in [0.25, 0.3) is 5.91 Å². The van der Waals surface area contributed by atoms with E-state index in [-0.39, 0.29) is 29.8 Å². The molecule has 1 spiro atoms. The van der Waals surface area contributed by atoms with Crippen molar-refractivity contribution in [3.8, 4) is 0 Å². The number of hydrogen-bond donors (Lipinski definition) is 2. The van der Waals surface area contributed by atoms with Gasteiger partial charge in [0.15, 0.2) is 0 Å². The summed E-state index contributed by atoms with van der Waals surface area (Å²) < 4.78 is 0. The van der Waals surface area contributed by atoms with E-state index in [0.29, 0.717) is 25.3 Å². The van der Waals surface area contributed by atoms with Gasteiger partial charge in [0.2, 0.25) is 5.91 Å². The summed E-state index contributed by atoms with van der Waals surface area (Å²) in [6.07, 6.45) is 3.06. The number of piperazine rings is 1. The molecular formula is C27H41N5O3. The molecule has 192 valence electrons. The van der Waals surface area contributed by atoms with Crippen LogP contribution in [0.15, 0.2) is 30.3 Å². The van der Waals surface area contributed by atoms with Crippen molar-refractivity contribution in [3.63, 3.8) is 0 Å². The van der Waals surface area contributed by atoms with Crippen LogP contribution in [0.3, 0.4) is 0 Å². The highest BCUT2D eigenvalue weighted by atomic mass is 16.2. The first-order chi connectivity index (χ1) is 16.6. The number of imide groups is 1. The predicted molar refractivity (Wildman–Crippen MR) is 136 cm³/mol. The molecule has 35 heavy (non-hydrogen) atoms. The molecule has 0 aromatic heterocycles. The third-order valence-corrected chi connectivity index (χ3v) is 8.19. The van der Waals surface area contributed by atoms with Gasteiger partial charge in [-0.3, -0.25) is 19.4 Å². The van der Waals surface area contributed by atoms with Gasteiger partial charge in [-0.05, 0) is 49.6 Å². The summed E-state index contributed by atoms with van der Waals surface area (Å²) in [4.78, 5) is 45.0. The van der Waals surface area contributed by atoms with Crippen molar-refractivity contribution in [2.45, 2.75) is 58.0 Å². The van der Waals surface area contributed by atoms with Crippen molar-refractivity contribution in [2.75, 3.05) is 46.3 Å². The van der Waals surface area contributed by atoms with Gasteiger partial charge >= 0.3 is 6.03 Å². The van der Waals surface area contributed by atoms with Crippen molar-refractivity contribution >= 4 is 17.8 Å². The Bertz CT molecular complexity index is 912. The Balaban J connectivity index is 1.39. The molecular weight excluding hydrogens is 442 g/mol. The fourth-order valence-corrected chi connectivity index (χ4v) is 5.73. The van der Waals surface area contributed by atoms with Crippen molar-refractivity contribution in [2.24, 2.45) is 11.3 Å². The minimum Gasteiger partial charge on any atom is -0.346 e. The zero-order valence-electron chi connectivity index (χ0n) is 21.7. The van der Waals surface area contributed by atoms with Crippen LogP contribution in [-0.4, -0.2) is 84.4 Å². The number of rotatable bonds is 6. The number of likely N-dealkylation sites (N-methyl/N-ethyl adjacent to an activating group) is 1. The van der Waals surface area contributed by atoms with Gasteiger partial charge < -0.3 is 15.5 Å². The molecule has 8 heteroatoms. The molecule has 2 N–H and O–H groups in total. The normalized spacial score (nSPS) is 27.2. The first-order valence-corrected chi connectivity index (χ1v) is 13.0. The number of amides is 4. The zero-order chi connectivity index (χ0) is 25.2. The monoisotopic (exact) mass is 483 g/mol. The zero-order valence-corrected chi connectivity index (χ0v) is 21.7. The molecule has 1 saturated carbocycles. The van der Waals surface area contributed by atoms with Crippen LogP contribution in [0.4, 0.5) is 4.79 Å². The molecule has 8 nitrogen and oxygen atoms in total. The van der Waals surface area contributed by atoms with E-state index in [4.69, 9.17) is 0 Å². The van der Waals surface area contributed by atoms with Crippen LogP contribution in [0.2, 0.25) is 0 Å². The van der Waals surface area contributed by atoms with E-state index in [9.17, 15) is 14.4 Å². The lowest BCUT2D eigenvalue weighted by Gasteiger charge is -2.40. The smallest absolute Gasteiger partial charge is 0.325 e. The Morgan fingerprint density at radius 2 is 1.71 bits per heavy atom. The SMILES string of the molecule is CN1CCN(CC(NC(=O)CN2C(=O)NC3(CCC(C(C)(C)C)CC3)C2=O)c2ccccc2)CC1. The summed E-state index contributed by atoms with van der Waals surface area (Å²) in [6.45, 7) is 11.0. The first kappa shape index (κ1) is 25.6. The average molecular weight is 484 g/mol. The van der Waals surface area contributed by atoms with E-state index < -0.39 is 11.6 Å². The Morgan fingerprint density at radius 1 is 1.09 bits per heavy atom. The molecule has 2 heterocycles. The molecule has 2 saturated heterocycles. The minimum atomic E-state index is -0.849. The van der Waals surface area contributed by atoms with Crippen LogP contribution in [0, 0.1) is 11.3 Å². The van der Waals surface area contributed by atoms with E-state index in [1.807, 2.05) is 30.3 Å². The van der Waals surface area contributed by atoms with Crippen LogP contribution in [-0.2, 0) is 9.59 Å². The fraction of sp³-hybridized carbons (Fsp3) is 0.667. The summed E-state index contributed by atoms with van der Waals surface area (Å²) in [5.41, 5.74) is 0.356. The Hall–Kier alpha value is -2.45. The minimum absolute atomic E-state index is 0.184. The van der Waals surface area contributed by atoms with E-state index in [1.54, 1.807) is 0 Å². The molecule has 1 unspecified atom stereocenters. The Labute approximate surface area is 209 Å². The van der Waals surface area contributed by atoms with Gasteiger partial charge in [-0.15, -0.1) is 0 Å². The van der Waals surface area contributed by atoms with Gasteiger partial charge in [0.05, 0.1) is 6.04 Å². The summed E-state index contributed by atoms with van der Waals surface area (Å²) in [5.74, 6) is -0.0337. The van der Waals surface area contributed by atoms with E-state index in [2.05, 4.69) is 48.3 Å². The lowest BCUT2D eigenvalue weighted by molar-refractivity contribution is -0.136. The van der Waals surface area contributed by atoms with Crippen LogP contribution in [0.1, 0.15) is 58.1 Å². The highest BCUT2D eigenvalue weighted by molar-refractivity contribution is 6.09. The third kappa shape index (κ3) is 5.86. The van der Waals surface area contributed by atoms with Crippen molar-refractivity contribution in [3.05, 3.63) is 35.9 Å². The maximum Gasteiger partial charge on any atom is 0.325 e. The van der Waals surface area contributed by atoms with Gasteiger partial charge in [0, 0.05) is 32.7 Å². The molecule has 1 atom stereocenters. The number of hydrogen-bond acceptors (Lipinski definition) is 5. The Morgan fingerprint density at radius 3 is 2.31 bits per heavy atom. The predicted octanol–water partition coefficient (Wildman–Crippen LogP) is 2.62. The van der Waals surface area contributed by atoms with Gasteiger partial charge in [0.1, 0.15) is 12.1 Å². The lowest BCUT2D eigenvalue weighted by Crippen LogP contribution is -2.51. The highest BCUT2D eigenvalue weighted by Gasteiger charge is 2.53. The van der Waals surface area contributed by atoms with Gasteiger partial charge in [-0.2, -0.15) is 0 Å². The van der Waals surface area contributed by atoms with E-state index in [0.717, 1.165) is 49.5 Å². The second-order valence-electron chi connectivity index (χ2n) is 11.7. The summed E-state index contributed by atoms with van der Waals surface area (Å²) >= 11 is 0. The van der Waals surface area contributed by atoms with Crippen LogP contribution >= 0.6 is 0 Å². The van der Waals surface area contributed by atoms with Crippen molar-refractivity contribution in [1.29, 1.82) is 0 Å². The van der Waals surface area contributed by atoms with E-state index >= 15 is 0 Å². The molecule has 3 aliphatic rings. The summed E-state index contributed by atoms with van der Waals surface area (Å²) in [7, 11) is 2.12. The molecule has 3 fully saturated rings. The molecule has 4 rings (SSSR count). The topological polar surface area (TPSA) is 85.0 Å². The molecule has 2 aliphatic heterocycles.